The highest BCUT2D eigenvalue weighted by atomic mass is 35.5. The van der Waals surface area contributed by atoms with E-state index < -0.39 is 23.9 Å². The quantitative estimate of drug-likeness (QED) is 0.569. The predicted molar refractivity (Wildman–Crippen MR) is 95.8 cm³/mol. The van der Waals surface area contributed by atoms with Crippen LogP contribution in [0, 0.1) is 0 Å². The number of aromatic nitrogens is 1. The van der Waals surface area contributed by atoms with Crippen LogP contribution in [0.15, 0.2) is 36.5 Å². The summed E-state index contributed by atoms with van der Waals surface area (Å²) in [6.45, 7) is 1.67. The molecule has 1 aromatic heterocycles. The number of benzene rings is 1. The first-order chi connectivity index (χ1) is 12.3. The number of hydrogen-bond acceptors (Lipinski definition) is 5. The predicted octanol–water partition coefficient (Wildman–Crippen LogP) is 3.66. The summed E-state index contributed by atoms with van der Waals surface area (Å²) in [5.74, 6) is -2.54. The summed E-state index contributed by atoms with van der Waals surface area (Å²) in [6, 6.07) is 6.76. The topological polar surface area (TPSA) is 106 Å². The number of aromatic carboxylic acids is 1. The summed E-state index contributed by atoms with van der Waals surface area (Å²) in [7, 11) is 0. The number of pyridine rings is 1. The second-order valence-corrected chi connectivity index (χ2v) is 5.95. The minimum atomic E-state index is -1.22. The standard InChI is InChI=1S/C17H14Cl2N2O5/c1-2-13(26-17(25)9-5-6-20-14(19)7-9)15(22)21-10-3-4-12(18)11(8-10)16(23)24/h3-8,13H,2H2,1H3,(H,21,22)(H,23,24). The fourth-order valence-electron chi connectivity index (χ4n) is 2.04. The van der Waals surface area contributed by atoms with E-state index in [0.29, 0.717) is 0 Å². The summed E-state index contributed by atoms with van der Waals surface area (Å²) >= 11 is 11.5. The van der Waals surface area contributed by atoms with Crippen molar-refractivity contribution in [3.8, 4) is 0 Å². The van der Waals surface area contributed by atoms with Crippen LogP contribution < -0.4 is 5.32 Å². The van der Waals surface area contributed by atoms with Crippen molar-refractivity contribution >= 4 is 46.7 Å². The number of carboxylic acid groups (broad SMARTS) is 1. The first kappa shape index (κ1) is 19.7. The van der Waals surface area contributed by atoms with Gasteiger partial charge < -0.3 is 15.2 Å². The molecule has 0 saturated heterocycles. The van der Waals surface area contributed by atoms with Gasteiger partial charge in [-0.15, -0.1) is 0 Å². The SMILES string of the molecule is CCC(OC(=O)c1ccnc(Cl)c1)C(=O)Nc1ccc(Cl)c(C(=O)O)c1. The number of nitrogens with one attached hydrogen (secondary N) is 1. The molecule has 0 fully saturated rings. The van der Waals surface area contributed by atoms with E-state index in [1.807, 2.05) is 0 Å². The Balaban J connectivity index is 2.10. The minimum absolute atomic E-state index is 0.0449. The summed E-state index contributed by atoms with van der Waals surface area (Å²) in [5.41, 5.74) is 0.232. The lowest BCUT2D eigenvalue weighted by atomic mass is 10.2. The Morgan fingerprint density at radius 3 is 2.58 bits per heavy atom. The van der Waals surface area contributed by atoms with Gasteiger partial charge in [0.2, 0.25) is 0 Å². The van der Waals surface area contributed by atoms with Gasteiger partial charge in [0.25, 0.3) is 5.91 Å². The van der Waals surface area contributed by atoms with E-state index in [4.69, 9.17) is 33.0 Å². The van der Waals surface area contributed by atoms with Gasteiger partial charge in [-0.3, -0.25) is 4.79 Å². The highest BCUT2D eigenvalue weighted by Crippen LogP contribution is 2.21. The summed E-state index contributed by atoms with van der Waals surface area (Å²) in [6.07, 6.45) is 0.495. The number of carbonyl (C=O) groups is 3. The van der Waals surface area contributed by atoms with Crippen LogP contribution in [0.2, 0.25) is 10.2 Å². The van der Waals surface area contributed by atoms with E-state index in [-0.39, 0.29) is 33.4 Å². The zero-order valence-corrected chi connectivity index (χ0v) is 15.0. The van der Waals surface area contributed by atoms with Crippen LogP contribution in [0.3, 0.4) is 0 Å². The van der Waals surface area contributed by atoms with E-state index in [0.717, 1.165) is 0 Å². The van der Waals surface area contributed by atoms with Crippen LogP contribution in [0.5, 0.6) is 0 Å². The summed E-state index contributed by atoms with van der Waals surface area (Å²) in [5, 5.41) is 11.7. The van der Waals surface area contributed by atoms with Gasteiger partial charge in [-0.1, -0.05) is 30.1 Å². The number of nitrogens with zero attached hydrogens (tertiary/aromatic N) is 1. The van der Waals surface area contributed by atoms with Crippen LogP contribution in [-0.2, 0) is 9.53 Å². The molecule has 7 nitrogen and oxygen atoms in total. The summed E-state index contributed by atoms with van der Waals surface area (Å²) in [4.78, 5) is 39.3. The average molecular weight is 397 g/mol. The number of hydrogen-bond donors (Lipinski definition) is 2. The zero-order chi connectivity index (χ0) is 19.3. The fourth-order valence-corrected chi connectivity index (χ4v) is 2.41. The Labute approximate surface area is 158 Å². The molecule has 0 aliphatic rings. The van der Waals surface area contributed by atoms with Gasteiger partial charge in [0, 0.05) is 11.9 Å². The third-order valence-corrected chi connectivity index (χ3v) is 3.88. The average Bonchev–Trinajstić information content (AvgIpc) is 2.60. The van der Waals surface area contributed by atoms with Gasteiger partial charge in [-0.2, -0.15) is 0 Å². The molecular formula is C17H14Cl2N2O5. The van der Waals surface area contributed by atoms with Crippen LogP contribution in [0.4, 0.5) is 5.69 Å². The highest BCUT2D eigenvalue weighted by Gasteiger charge is 2.23. The van der Waals surface area contributed by atoms with Crippen molar-refractivity contribution in [2.75, 3.05) is 5.32 Å². The minimum Gasteiger partial charge on any atom is -0.478 e. The number of halogens is 2. The fraction of sp³-hybridized carbons (Fsp3) is 0.176. The molecule has 0 aliphatic heterocycles. The maximum absolute atomic E-state index is 12.3. The van der Waals surface area contributed by atoms with Gasteiger partial charge in [0.05, 0.1) is 16.1 Å². The van der Waals surface area contributed by atoms with Crippen molar-refractivity contribution in [2.24, 2.45) is 0 Å². The largest absolute Gasteiger partial charge is 0.478 e. The number of amides is 1. The molecule has 0 radical (unpaired) electrons. The molecule has 136 valence electrons. The van der Waals surface area contributed by atoms with Gasteiger partial charge in [0.1, 0.15) is 5.15 Å². The zero-order valence-electron chi connectivity index (χ0n) is 13.5. The van der Waals surface area contributed by atoms with Crippen molar-refractivity contribution in [3.63, 3.8) is 0 Å². The molecule has 1 aromatic carbocycles. The Hall–Kier alpha value is -2.64. The van der Waals surface area contributed by atoms with E-state index in [1.54, 1.807) is 6.92 Å². The molecular weight excluding hydrogens is 383 g/mol. The first-order valence-corrected chi connectivity index (χ1v) is 8.23. The number of ether oxygens (including phenoxy) is 1. The van der Waals surface area contributed by atoms with Gasteiger partial charge in [-0.25, -0.2) is 14.6 Å². The maximum Gasteiger partial charge on any atom is 0.339 e. The second kappa shape index (κ2) is 8.64. The molecule has 0 aliphatic carbocycles. The van der Waals surface area contributed by atoms with Gasteiger partial charge >= 0.3 is 11.9 Å². The highest BCUT2D eigenvalue weighted by molar-refractivity contribution is 6.33. The van der Waals surface area contributed by atoms with Crippen LogP contribution >= 0.6 is 23.2 Å². The number of anilines is 1. The van der Waals surface area contributed by atoms with E-state index in [2.05, 4.69) is 10.3 Å². The van der Waals surface area contributed by atoms with E-state index in [9.17, 15) is 14.4 Å². The Kier molecular flexibility index (Phi) is 6.54. The normalized spacial score (nSPS) is 11.5. The molecule has 2 aromatic rings. The van der Waals surface area contributed by atoms with Crippen molar-refractivity contribution in [1.29, 1.82) is 0 Å². The molecule has 1 atom stereocenters. The molecule has 0 spiro atoms. The molecule has 0 bridgehead atoms. The van der Waals surface area contributed by atoms with Crippen molar-refractivity contribution < 1.29 is 24.2 Å². The lowest BCUT2D eigenvalue weighted by Crippen LogP contribution is -2.32. The van der Waals surface area contributed by atoms with Crippen molar-refractivity contribution in [1.82, 2.24) is 4.98 Å². The third-order valence-electron chi connectivity index (χ3n) is 3.34. The number of carbonyl (C=O) groups excluding carboxylic acids is 2. The molecule has 1 heterocycles. The molecule has 26 heavy (non-hydrogen) atoms. The monoisotopic (exact) mass is 396 g/mol. The smallest absolute Gasteiger partial charge is 0.339 e. The lowest BCUT2D eigenvalue weighted by molar-refractivity contribution is -0.124. The van der Waals surface area contributed by atoms with Crippen molar-refractivity contribution in [3.05, 3.63) is 57.8 Å². The Bertz CT molecular complexity index is 857. The second-order valence-electron chi connectivity index (χ2n) is 5.16. The van der Waals surface area contributed by atoms with Crippen LogP contribution in [0.25, 0.3) is 0 Å². The molecule has 1 amide bonds. The number of carboxylic acids is 1. The third kappa shape index (κ3) is 4.93. The van der Waals surface area contributed by atoms with Crippen molar-refractivity contribution in [2.45, 2.75) is 19.4 Å². The summed E-state index contributed by atoms with van der Waals surface area (Å²) < 4.78 is 5.20. The molecule has 2 rings (SSSR count). The van der Waals surface area contributed by atoms with Gasteiger partial charge in [0.15, 0.2) is 6.10 Å². The van der Waals surface area contributed by atoms with E-state index >= 15 is 0 Å². The lowest BCUT2D eigenvalue weighted by Gasteiger charge is -2.16. The molecule has 9 heteroatoms. The molecule has 2 N–H and O–H groups in total. The number of esters is 1. The molecule has 0 saturated carbocycles. The first-order valence-electron chi connectivity index (χ1n) is 7.48. The van der Waals surface area contributed by atoms with Crippen LogP contribution in [-0.4, -0.2) is 34.0 Å². The molecule has 1 unspecified atom stereocenters. The Morgan fingerprint density at radius 1 is 1.23 bits per heavy atom. The Morgan fingerprint density at radius 2 is 1.96 bits per heavy atom. The van der Waals surface area contributed by atoms with E-state index in [1.165, 1.54) is 36.5 Å². The number of rotatable bonds is 6. The van der Waals surface area contributed by atoms with Gasteiger partial charge in [-0.05, 0) is 36.8 Å². The van der Waals surface area contributed by atoms with Crippen LogP contribution in [0.1, 0.15) is 34.1 Å². The maximum atomic E-state index is 12.3.